The Hall–Kier alpha value is -2.05. The van der Waals surface area contributed by atoms with Gasteiger partial charge in [-0.05, 0) is 37.6 Å². The largest absolute Gasteiger partial charge is 0.468 e. The van der Waals surface area contributed by atoms with Crippen molar-refractivity contribution in [1.29, 1.82) is 0 Å². The monoisotopic (exact) mass is 372 g/mol. The molecular weight excluding hydrogens is 352 g/mol. The van der Waals surface area contributed by atoms with Gasteiger partial charge in [-0.25, -0.2) is 4.98 Å². The number of amides is 1. The number of thioether (sulfide) groups is 1. The molecule has 4 nitrogen and oxygen atoms in total. The summed E-state index contributed by atoms with van der Waals surface area (Å²) in [6, 6.07) is 9.95. The minimum atomic E-state index is -0.0314. The number of carbonyl (C=O) groups excluding carboxylic acids is 1. The molecule has 0 radical (unpaired) electrons. The summed E-state index contributed by atoms with van der Waals surface area (Å²) in [4.78, 5) is 18.6. The van der Waals surface area contributed by atoms with Crippen molar-refractivity contribution < 1.29 is 9.21 Å². The summed E-state index contributed by atoms with van der Waals surface area (Å²) in [5.41, 5.74) is 4.12. The minimum absolute atomic E-state index is 0.0314. The van der Waals surface area contributed by atoms with Crippen molar-refractivity contribution in [1.82, 2.24) is 4.98 Å². The van der Waals surface area contributed by atoms with E-state index in [0.717, 1.165) is 34.2 Å². The van der Waals surface area contributed by atoms with Crippen molar-refractivity contribution in [3.63, 3.8) is 0 Å². The Bertz CT molecular complexity index is 856. The highest BCUT2D eigenvalue weighted by Gasteiger charge is 2.19. The zero-order valence-corrected chi connectivity index (χ0v) is 16.1. The maximum atomic E-state index is 12.2. The molecule has 0 bridgehead atoms. The van der Waals surface area contributed by atoms with Gasteiger partial charge in [0.05, 0.1) is 23.4 Å². The smallest absolute Gasteiger partial charge is 0.230 e. The lowest BCUT2D eigenvalue weighted by atomic mass is 10.1. The maximum absolute atomic E-state index is 12.2. The van der Waals surface area contributed by atoms with E-state index in [4.69, 9.17) is 4.42 Å². The molecule has 0 saturated carbocycles. The number of hydrogen-bond donors (Lipinski definition) is 0. The molecule has 0 aliphatic rings. The molecule has 0 fully saturated rings. The Morgan fingerprint density at radius 2 is 2.12 bits per heavy atom. The molecule has 0 saturated heterocycles. The second-order valence-corrected chi connectivity index (χ2v) is 7.66. The normalized spacial score (nSPS) is 10.8. The van der Waals surface area contributed by atoms with E-state index in [1.54, 1.807) is 29.8 Å². The average molecular weight is 373 g/mol. The molecule has 130 valence electrons. The van der Waals surface area contributed by atoms with Gasteiger partial charge in [-0.1, -0.05) is 17.7 Å². The molecule has 1 amide bonds. The van der Waals surface area contributed by atoms with Crippen molar-refractivity contribution in [3.05, 3.63) is 64.6 Å². The van der Waals surface area contributed by atoms with Gasteiger partial charge < -0.3 is 4.42 Å². The first-order chi connectivity index (χ1) is 12.0. The maximum Gasteiger partial charge on any atom is 0.230 e. The first kappa shape index (κ1) is 17.8. The van der Waals surface area contributed by atoms with Crippen molar-refractivity contribution in [2.24, 2.45) is 0 Å². The molecule has 0 spiro atoms. The van der Waals surface area contributed by atoms with Crippen LogP contribution < -0.4 is 4.90 Å². The minimum Gasteiger partial charge on any atom is -0.468 e. The third-order valence-electron chi connectivity index (χ3n) is 3.71. The van der Waals surface area contributed by atoms with Gasteiger partial charge in [0.1, 0.15) is 5.76 Å². The fourth-order valence-corrected chi connectivity index (χ4v) is 4.39. The zero-order chi connectivity index (χ0) is 17.8. The van der Waals surface area contributed by atoms with Gasteiger partial charge in [-0.2, -0.15) is 0 Å². The van der Waals surface area contributed by atoms with E-state index < -0.39 is 0 Å². The highest BCUT2D eigenvalue weighted by molar-refractivity contribution is 7.97. The first-order valence-electron chi connectivity index (χ1n) is 7.97. The van der Waals surface area contributed by atoms with Crippen LogP contribution in [0.4, 0.5) is 10.8 Å². The number of thiazole rings is 1. The fraction of sp³-hybridized carbons (Fsp3) is 0.263. The van der Waals surface area contributed by atoms with Crippen LogP contribution in [0, 0.1) is 13.8 Å². The van der Waals surface area contributed by atoms with Crippen LogP contribution in [0.25, 0.3) is 0 Å². The van der Waals surface area contributed by atoms with Crippen LogP contribution in [-0.2, 0) is 16.3 Å². The summed E-state index contributed by atoms with van der Waals surface area (Å²) < 4.78 is 5.34. The van der Waals surface area contributed by atoms with E-state index in [2.05, 4.69) is 11.1 Å². The summed E-state index contributed by atoms with van der Waals surface area (Å²) in [5, 5.41) is 2.73. The van der Waals surface area contributed by atoms with E-state index in [0.29, 0.717) is 5.13 Å². The standard InChI is InChI=1S/C19H20N2O2S2/c1-13-6-7-18(14(2)9-13)21(15(3)22)19-20-16(11-25-19)10-24-12-17-5-4-8-23-17/h4-9,11H,10,12H2,1-3H3. The molecule has 0 unspecified atom stereocenters. The number of benzene rings is 1. The molecule has 0 N–H and O–H groups in total. The third kappa shape index (κ3) is 4.32. The molecule has 0 aliphatic heterocycles. The second kappa shape index (κ2) is 7.89. The molecule has 25 heavy (non-hydrogen) atoms. The topological polar surface area (TPSA) is 46.3 Å². The lowest BCUT2D eigenvalue weighted by Crippen LogP contribution is -2.23. The molecule has 2 aromatic heterocycles. The van der Waals surface area contributed by atoms with Crippen LogP contribution in [0.3, 0.4) is 0 Å². The van der Waals surface area contributed by atoms with Gasteiger partial charge in [-0.15, -0.1) is 23.1 Å². The van der Waals surface area contributed by atoms with Crippen molar-refractivity contribution in [3.8, 4) is 0 Å². The molecule has 0 atom stereocenters. The molecule has 6 heteroatoms. The SMILES string of the molecule is CC(=O)N(c1nc(CSCc2ccco2)cs1)c1ccc(C)cc1C. The third-order valence-corrected chi connectivity index (χ3v) is 5.58. The predicted octanol–water partition coefficient (Wildman–Crippen LogP) is 5.47. The number of anilines is 2. The molecule has 3 rings (SSSR count). The van der Waals surface area contributed by atoms with Crippen LogP contribution in [0.2, 0.25) is 0 Å². The Morgan fingerprint density at radius 1 is 1.28 bits per heavy atom. The van der Waals surface area contributed by atoms with Gasteiger partial charge in [-0.3, -0.25) is 9.69 Å². The van der Waals surface area contributed by atoms with Crippen molar-refractivity contribution in [2.45, 2.75) is 32.3 Å². The number of carbonyl (C=O) groups is 1. The highest BCUT2D eigenvalue weighted by atomic mass is 32.2. The Morgan fingerprint density at radius 3 is 2.80 bits per heavy atom. The molecule has 3 aromatic rings. The quantitative estimate of drug-likeness (QED) is 0.575. The second-order valence-electron chi connectivity index (χ2n) is 5.84. The van der Waals surface area contributed by atoms with Gasteiger partial charge in [0.2, 0.25) is 5.91 Å². The average Bonchev–Trinajstić information content (AvgIpc) is 3.22. The first-order valence-corrected chi connectivity index (χ1v) is 10.0. The summed E-state index contributed by atoms with van der Waals surface area (Å²) in [6.07, 6.45) is 1.69. The Balaban J connectivity index is 1.74. The highest BCUT2D eigenvalue weighted by Crippen LogP contribution is 2.32. The van der Waals surface area contributed by atoms with E-state index in [1.165, 1.54) is 16.9 Å². The molecule has 0 aliphatic carbocycles. The summed E-state index contributed by atoms with van der Waals surface area (Å²) in [7, 11) is 0. The summed E-state index contributed by atoms with van der Waals surface area (Å²) in [6.45, 7) is 5.64. The van der Waals surface area contributed by atoms with Gasteiger partial charge >= 0.3 is 0 Å². The lowest BCUT2D eigenvalue weighted by molar-refractivity contribution is -0.115. The van der Waals surface area contributed by atoms with Crippen LogP contribution in [0.5, 0.6) is 0 Å². The molecule has 2 heterocycles. The predicted molar refractivity (Wildman–Crippen MR) is 105 cm³/mol. The van der Waals surface area contributed by atoms with Crippen molar-refractivity contribution >= 4 is 39.8 Å². The Labute approximate surface area is 155 Å². The van der Waals surface area contributed by atoms with Crippen LogP contribution in [-0.4, -0.2) is 10.9 Å². The number of hydrogen-bond acceptors (Lipinski definition) is 5. The van der Waals surface area contributed by atoms with Crippen LogP contribution in [0.1, 0.15) is 29.5 Å². The number of rotatable bonds is 6. The summed E-state index contributed by atoms with van der Waals surface area (Å²) in [5.74, 6) is 2.53. The van der Waals surface area contributed by atoms with Gasteiger partial charge in [0.15, 0.2) is 5.13 Å². The van der Waals surface area contributed by atoms with E-state index in [1.807, 2.05) is 43.5 Å². The lowest BCUT2D eigenvalue weighted by Gasteiger charge is -2.20. The van der Waals surface area contributed by atoms with Crippen LogP contribution in [0.15, 0.2) is 46.4 Å². The van der Waals surface area contributed by atoms with E-state index in [-0.39, 0.29) is 5.91 Å². The fourth-order valence-electron chi connectivity index (χ4n) is 2.58. The van der Waals surface area contributed by atoms with Crippen molar-refractivity contribution in [2.75, 3.05) is 4.90 Å². The number of aryl methyl sites for hydroxylation is 2. The molecular formula is C19H20N2O2S2. The zero-order valence-electron chi connectivity index (χ0n) is 14.5. The number of nitrogens with zero attached hydrogens (tertiary/aromatic N) is 2. The van der Waals surface area contributed by atoms with Crippen LogP contribution >= 0.6 is 23.1 Å². The van der Waals surface area contributed by atoms with E-state index >= 15 is 0 Å². The number of aromatic nitrogens is 1. The summed E-state index contributed by atoms with van der Waals surface area (Å²) >= 11 is 3.24. The Kier molecular flexibility index (Phi) is 5.60. The molecule has 1 aromatic carbocycles. The van der Waals surface area contributed by atoms with Gasteiger partial charge in [0, 0.05) is 18.1 Å². The number of furan rings is 1. The van der Waals surface area contributed by atoms with E-state index in [9.17, 15) is 4.79 Å². The van der Waals surface area contributed by atoms with Gasteiger partial charge in [0.25, 0.3) is 0 Å².